The second-order valence-electron chi connectivity index (χ2n) is 3.71. The number of pyridine rings is 1. The van der Waals surface area contributed by atoms with E-state index in [4.69, 9.17) is 5.26 Å². The van der Waals surface area contributed by atoms with Gasteiger partial charge in [-0.2, -0.15) is 9.57 Å². The Bertz CT molecular complexity index is 555. The van der Waals surface area contributed by atoms with Crippen LogP contribution in [0, 0.1) is 11.3 Å². The van der Waals surface area contributed by atoms with Crippen LogP contribution >= 0.6 is 0 Å². The molecular formula is C11H13N3O2S. The Kier molecular flexibility index (Phi) is 3.99. The summed E-state index contributed by atoms with van der Waals surface area (Å²) < 4.78 is 25.3. The van der Waals surface area contributed by atoms with Gasteiger partial charge in [0.05, 0.1) is 0 Å². The quantitative estimate of drug-likeness (QED) is 0.752. The van der Waals surface area contributed by atoms with Gasteiger partial charge in [0.2, 0.25) is 10.0 Å². The van der Waals surface area contributed by atoms with Gasteiger partial charge in [0.25, 0.3) is 0 Å². The van der Waals surface area contributed by atoms with Crippen LogP contribution in [0.15, 0.2) is 35.4 Å². The van der Waals surface area contributed by atoms with Crippen LogP contribution in [0.5, 0.6) is 0 Å². The van der Waals surface area contributed by atoms with Crippen molar-refractivity contribution in [2.75, 3.05) is 13.6 Å². The van der Waals surface area contributed by atoms with Crippen molar-refractivity contribution in [3.63, 3.8) is 0 Å². The lowest BCUT2D eigenvalue weighted by molar-refractivity contribution is 0.492. The molecule has 1 aromatic heterocycles. The number of hydrogen-bond donors (Lipinski definition) is 0. The first-order valence-corrected chi connectivity index (χ1v) is 6.29. The first-order valence-electron chi connectivity index (χ1n) is 4.85. The Labute approximate surface area is 101 Å². The molecule has 6 heteroatoms. The molecule has 0 unspecified atom stereocenters. The van der Waals surface area contributed by atoms with E-state index in [-0.39, 0.29) is 17.1 Å². The second kappa shape index (κ2) is 5.08. The van der Waals surface area contributed by atoms with E-state index in [1.165, 1.54) is 29.7 Å². The van der Waals surface area contributed by atoms with E-state index < -0.39 is 10.0 Å². The Hall–Kier alpha value is -1.71. The van der Waals surface area contributed by atoms with Crippen molar-refractivity contribution < 1.29 is 8.42 Å². The molecule has 17 heavy (non-hydrogen) atoms. The highest BCUT2D eigenvalue weighted by atomic mass is 32.2. The molecule has 1 aromatic rings. The van der Waals surface area contributed by atoms with Gasteiger partial charge in [-0.05, 0) is 19.1 Å². The maximum absolute atomic E-state index is 12.0. The highest BCUT2D eigenvalue weighted by molar-refractivity contribution is 7.89. The fourth-order valence-electron chi connectivity index (χ4n) is 1.24. The van der Waals surface area contributed by atoms with Crippen LogP contribution in [0.25, 0.3) is 0 Å². The molecule has 0 fully saturated rings. The van der Waals surface area contributed by atoms with Crippen molar-refractivity contribution in [1.29, 1.82) is 5.26 Å². The van der Waals surface area contributed by atoms with E-state index in [1.807, 2.05) is 6.07 Å². The summed E-state index contributed by atoms with van der Waals surface area (Å²) in [5.41, 5.74) is 0.934. The lowest BCUT2D eigenvalue weighted by Gasteiger charge is -2.16. The topological polar surface area (TPSA) is 74.1 Å². The molecule has 0 saturated carbocycles. The maximum Gasteiger partial charge on any atom is 0.244 e. The predicted octanol–water partition coefficient (Wildman–Crippen LogP) is 1.15. The van der Waals surface area contributed by atoms with Crippen molar-refractivity contribution in [3.05, 3.63) is 36.2 Å². The molecule has 0 spiro atoms. The normalized spacial score (nSPS) is 11.2. The zero-order valence-corrected chi connectivity index (χ0v) is 10.5. The average molecular weight is 251 g/mol. The third kappa shape index (κ3) is 3.12. The third-order valence-electron chi connectivity index (χ3n) is 2.05. The molecule has 0 amide bonds. The second-order valence-corrected chi connectivity index (χ2v) is 5.75. The molecule has 0 N–H and O–H groups in total. The Balaban J connectivity index is 3.05. The van der Waals surface area contributed by atoms with E-state index in [0.717, 1.165) is 5.57 Å². The molecule has 0 aliphatic carbocycles. The van der Waals surface area contributed by atoms with Gasteiger partial charge in [-0.3, -0.25) is 0 Å². The molecule has 90 valence electrons. The smallest absolute Gasteiger partial charge is 0.244 e. The van der Waals surface area contributed by atoms with Crippen molar-refractivity contribution >= 4 is 10.0 Å². The van der Waals surface area contributed by atoms with Gasteiger partial charge in [-0.1, -0.05) is 12.2 Å². The van der Waals surface area contributed by atoms with Gasteiger partial charge in [-0.25, -0.2) is 13.4 Å². The zero-order chi connectivity index (χ0) is 13.1. The third-order valence-corrected chi connectivity index (χ3v) is 3.84. The summed E-state index contributed by atoms with van der Waals surface area (Å²) >= 11 is 0. The van der Waals surface area contributed by atoms with Crippen molar-refractivity contribution in [1.82, 2.24) is 9.29 Å². The van der Waals surface area contributed by atoms with Crippen LogP contribution in [0.2, 0.25) is 0 Å². The summed E-state index contributed by atoms with van der Waals surface area (Å²) in [6.07, 6.45) is 1.18. The van der Waals surface area contributed by atoms with Gasteiger partial charge in [-0.15, -0.1) is 0 Å². The first kappa shape index (κ1) is 13.4. The van der Waals surface area contributed by atoms with Crippen molar-refractivity contribution in [3.8, 4) is 6.07 Å². The SMILES string of the molecule is C=C(C)CN(C)S(=O)(=O)c1ccc(C#N)nc1. The minimum absolute atomic E-state index is 0.0697. The molecule has 1 rings (SSSR count). The average Bonchev–Trinajstić information content (AvgIpc) is 2.28. The lowest BCUT2D eigenvalue weighted by atomic mass is 10.4. The number of nitrogens with zero attached hydrogens (tertiary/aromatic N) is 3. The standard InChI is InChI=1S/C11H13N3O2S/c1-9(2)8-14(3)17(15,16)11-5-4-10(6-12)13-7-11/h4-5,7H,1,8H2,2-3H3. The summed E-state index contributed by atoms with van der Waals surface area (Å²) in [5.74, 6) is 0. The van der Waals surface area contributed by atoms with Crippen molar-refractivity contribution in [2.24, 2.45) is 0 Å². The van der Waals surface area contributed by atoms with Gasteiger partial charge < -0.3 is 0 Å². The van der Waals surface area contributed by atoms with Gasteiger partial charge in [0.15, 0.2) is 0 Å². The Morgan fingerprint density at radius 2 is 2.24 bits per heavy atom. The van der Waals surface area contributed by atoms with Crippen LogP contribution < -0.4 is 0 Å². The van der Waals surface area contributed by atoms with Gasteiger partial charge in [0, 0.05) is 19.8 Å². The number of nitriles is 1. The summed E-state index contributed by atoms with van der Waals surface area (Å²) in [5, 5.41) is 8.58. The number of rotatable bonds is 4. The summed E-state index contributed by atoms with van der Waals surface area (Å²) in [4.78, 5) is 3.81. The van der Waals surface area contributed by atoms with E-state index >= 15 is 0 Å². The molecule has 0 radical (unpaired) electrons. The molecule has 0 aromatic carbocycles. The van der Waals surface area contributed by atoms with E-state index in [0.29, 0.717) is 0 Å². The number of aromatic nitrogens is 1. The predicted molar refractivity (Wildman–Crippen MR) is 63.6 cm³/mol. The minimum atomic E-state index is -3.56. The summed E-state index contributed by atoms with van der Waals surface area (Å²) in [7, 11) is -2.08. The molecule has 1 heterocycles. The van der Waals surface area contributed by atoms with Crippen molar-refractivity contribution in [2.45, 2.75) is 11.8 Å². The van der Waals surface area contributed by atoms with E-state index in [9.17, 15) is 8.42 Å². The molecule has 0 bridgehead atoms. The van der Waals surface area contributed by atoms with Crippen LogP contribution in [0.1, 0.15) is 12.6 Å². The largest absolute Gasteiger partial charge is 0.244 e. The van der Waals surface area contributed by atoms with Gasteiger partial charge >= 0.3 is 0 Å². The van der Waals surface area contributed by atoms with Crippen LogP contribution in [-0.2, 0) is 10.0 Å². The van der Waals surface area contributed by atoms with E-state index in [1.54, 1.807) is 6.92 Å². The zero-order valence-electron chi connectivity index (χ0n) is 9.71. The highest BCUT2D eigenvalue weighted by Gasteiger charge is 2.20. The molecule has 0 aliphatic rings. The highest BCUT2D eigenvalue weighted by Crippen LogP contribution is 2.14. The Morgan fingerprint density at radius 3 is 2.65 bits per heavy atom. The molecule has 5 nitrogen and oxygen atoms in total. The molecule has 0 atom stereocenters. The fourth-order valence-corrected chi connectivity index (χ4v) is 2.42. The first-order chi connectivity index (χ1) is 7.87. The number of hydrogen-bond acceptors (Lipinski definition) is 4. The van der Waals surface area contributed by atoms with Crippen LogP contribution in [0.3, 0.4) is 0 Å². The maximum atomic E-state index is 12.0. The van der Waals surface area contributed by atoms with Crippen LogP contribution in [0.4, 0.5) is 0 Å². The molecule has 0 aliphatic heterocycles. The number of sulfonamides is 1. The molecule has 0 saturated heterocycles. The van der Waals surface area contributed by atoms with Crippen LogP contribution in [-0.4, -0.2) is 31.3 Å². The summed E-state index contributed by atoms with van der Waals surface area (Å²) in [6, 6.07) is 4.58. The monoisotopic (exact) mass is 251 g/mol. The summed E-state index contributed by atoms with van der Waals surface area (Å²) in [6.45, 7) is 5.67. The van der Waals surface area contributed by atoms with Gasteiger partial charge in [0.1, 0.15) is 16.7 Å². The fraction of sp³-hybridized carbons (Fsp3) is 0.273. The number of likely N-dealkylation sites (N-methyl/N-ethyl adjacent to an activating group) is 1. The molecular weight excluding hydrogens is 238 g/mol. The lowest BCUT2D eigenvalue weighted by Crippen LogP contribution is -2.28. The minimum Gasteiger partial charge on any atom is -0.244 e. The van der Waals surface area contributed by atoms with E-state index in [2.05, 4.69) is 11.6 Å². The Morgan fingerprint density at radius 1 is 1.59 bits per heavy atom.